The summed E-state index contributed by atoms with van der Waals surface area (Å²) in [7, 11) is 0. The van der Waals surface area contributed by atoms with Gasteiger partial charge in [-0.1, -0.05) is 12.8 Å². The average Bonchev–Trinajstić information content (AvgIpc) is 2.82. The van der Waals surface area contributed by atoms with E-state index in [1.165, 1.54) is 19.3 Å². The van der Waals surface area contributed by atoms with E-state index in [4.69, 9.17) is 5.73 Å². The Morgan fingerprint density at radius 3 is 3.08 bits per heavy atom. The molecular weight excluding hydrogens is 162 g/mol. The molecule has 2 rings (SSSR count). The zero-order valence-corrected chi connectivity index (χ0v) is 8.11. The first-order valence-electron chi connectivity index (χ1n) is 5.02. The first-order chi connectivity index (χ1) is 6.31. The van der Waals surface area contributed by atoms with Gasteiger partial charge in [0.05, 0.1) is 12.0 Å². The summed E-state index contributed by atoms with van der Waals surface area (Å²) in [5, 5.41) is 0. The third kappa shape index (κ3) is 1.91. The maximum Gasteiger partial charge on any atom is 0.0951 e. The van der Waals surface area contributed by atoms with Crippen molar-refractivity contribution in [3.05, 3.63) is 18.2 Å². The summed E-state index contributed by atoms with van der Waals surface area (Å²) in [6, 6.07) is 0.563. The Morgan fingerprint density at radius 1 is 1.69 bits per heavy atom. The van der Waals surface area contributed by atoms with Crippen LogP contribution in [0.25, 0.3) is 0 Å². The molecule has 0 aromatic carbocycles. The molecule has 13 heavy (non-hydrogen) atoms. The van der Waals surface area contributed by atoms with Crippen LogP contribution >= 0.6 is 0 Å². The van der Waals surface area contributed by atoms with Gasteiger partial charge in [0.1, 0.15) is 0 Å². The smallest absolute Gasteiger partial charge is 0.0951 e. The van der Waals surface area contributed by atoms with E-state index >= 15 is 0 Å². The zero-order chi connectivity index (χ0) is 9.26. The van der Waals surface area contributed by atoms with Gasteiger partial charge in [-0.2, -0.15) is 0 Å². The Morgan fingerprint density at radius 2 is 2.46 bits per heavy atom. The van der Waals surface area contributed by atoms with Crippen molar-refractivity contribution < 1.29 is 0 Å². The molecule has 3 heteroatoms. The molecule has 72 valence electrons. The zero-order valence-electron chi connectivity index (χ0n) is 8.11. The predicted octanol–water partition coefficient (Wildman–Crippen LogP) is 1.70. The molecule has 1 aromatic rings. The lowest BCUT2D eigenvalue weighted by atomic mass is 10.1. The molecule has 1 atom stereocenters. The van der Waals surface area contributed by atoms with Crippen molar-refractivity contribution in [2.45, 2.75) is 38.8 Å². The van der Waals surface area contributed by atoms with Gasteiger partial charge in [0.15, 0.2) is 0 Å². The van der Waals surface area contributed by atoms with Gasteiger partial charge in [0, 0.05) is 18.8 Å². The van der Waals surface area contributed by atoms with Gasteiger partial charge >= 0.3 is 0 Å². The van der Waals surface area contributed by atoms with Crippen LogP contribution in [-0.4, -0.2) is 9.55 Å². The molecule has 1 aromatic heterocycles. The number of hydrogen-bond acceptors (Lipinski definition) is 2. The van der Waals surface area contributed by atoms with E-state index in [-0.39, 0.29) is 0 Å². The summed E-state index contributed by atoms with van der Waals surface area (Å²) in [5.41, 5.74) is 6.76. The van der Waals surface area contributed by atoms with Gasteiger partial charge in [0.2, 0.25) is 0 Å². The van der Waals surface area contributed by atoms with Crippen molar-refractivity contribution in [2.24, 2.45) is 11.7 Å². The standard InChI is InChI=1S/C10H17N3/c1-8(4-9-2-3-9)13-7-12-6-10(13)5-11/h6-9H,2-5,11H2,1H3. The minimum absolute atomic E-state index is 0.563. The van der Waals surface area contributed by atoms with Crippen LogP contribution < -0.4 is 5.73 Å². The normalized spacial score (nSPS) is 18.9. The topological polar surface area (TPSA) is 43.8 Å². The second-order valence-corrected chi connectivity index (χ2v) is 4.02. The molecule has 0 bridgehead atoms. The third-order valence-electron chi connectivity index (χ3n) is 2.80. The van der Waals surface area contributed by atoms with E-state index in [1.807, 2.05) is 12.5 Å². The van der Waals surface area contributed by atoms with Crippen LogP contribution in [0.2, 0.25) is 0 Å². The maximum absolute atomic E-state index is 5.62. The summed E-state index contributed by atoms with van der Waals surface area (Å²) >= 11 is 0. The maximum atomic E-state index is 5.62. The van der Waals surface area contributed by atoms with Crippen LogP contribution in [0.1, 0.15) is 37.9 Å². The Labute approximate surface area is 79.0 Å². The summed E-state index contributed by atoms with van der Waals surface area (Å²) in [5.74, 6) is 0.961. The second-order valence-electron chi connectivity index (χ2n) is 4.02. The first-order valence-corrected chi connectivity index (χ1v) is 5.02. The summed E-state index contributed by atoms with van der Waals surface area (Å²) in [6.07, 6.45) is 7.87. The molecule has 0 spiro atoms. The summed E-state index contributed by atoms with van der Waals surface area (Å²) in [4.78, 5) is 4.12. The highest BCUT2D eigenvalue weighted by molar-refractivity contribution is 4.99. The van der Waals surface area contributed by atoms with E-state index in [0.29, 0.717) is 12.6 Å². The van der Waals surface area contributed by atoms with Crippen molar-refractivity contribution in [2.75, 3.05) is 0 Å². The highest BCUT2D eigenvalue weighted by atomic mass is 15.1. The molecule has 1 saturated carbocycles. The molecule has 1 aliphatic rings. The molecule has 3 nitrogen and oxygen atoms in total. The summed E-state index contributed by atoms with van der Waals surface area (Å²) < 4.78 is 2.21. The molecule has 0 aliphatic heterocycles. The lowest BCUT2D eigenvalue weighted by Crippen LogP contribution is -2.11. The average molecular weight is 179 g/mol. The molecule has 0 amide bonds. The van der Waals surface area contributed by atoms with Gasteiger partial charge < -0.3 is 10.3 Å². The lowest BCUT2D eigenvalue weighted by molar-refractivity contribution is 0.464. The number of nitrogens with two attached hydrogens (primary N) is 1. The number of aromatic nitrogens is 2. The van der Waals surface area contributed by atoms with E-state index < -0.39 is 0 Å². The minimum atomic E-state index is 0.563. The number of nitrogens with zero attached hydrogens (tertiary/aromatic N) is 2. The van der Waals surface area contributed by atoms with Crippen molar-refractivity contribution >= 4 is 0 Å². The second kappa shape index (κ2) is 3.50. The highest BCUT2D eigenvalue weighted by Gasteiger charge is 2.24. The van der Waals surface area contributed by atoms with E-state index in [2.05, 4.69) is 16.5 Å². The van der Waals surface area contributed by atoms with Gasteiger partial charge in [-0.25, -0.2) is 4.98 Å². The molecule has 0 radical (unpaired) electrons. The predicted molar refractivity (Wildman–Crippen MR) is 52.2 cm³/mol. The SMILES string of the molecule is CC(CC1CC1)n1cncc1CN. The van der Waals surface area contributed by atoms with Crippen molar-refractivity contribution in [3.63, 3.8) is 0 Å². The molecule has 0 saturated heterocycles. The Balaban J connectivity index is 2.04. The number of rotatable bonds is 4. The van der Waals surface area contributed by atoms with Crippen LogP contribution in [0.15, 0.2) is 12.5 Å². The lowest BCUT2D eigenvalue weighted by Gasteiger charge is -2.15. The Hall–Kier alpha value is -0.830. The van der Waals surface area contributed by atoms with E-state index in [0.717, 1.165) is 11.6 Å². The minimum Gasteiger partial charge on any atom is -0.331 e. The van der Waals surface area contributed by atoms with Crippen LogP contribution in [-0.2, 0) is 6.54 Å². The molecule has 1 heterocycles. The van der Waals surface area contributed by atoms with Crippen molar-refractivity contribution in [1.29, 1.82) is 0 Å². The van der Waals surface area contributed by atoms with Crippen molar-refractivity contribution in [3.8, 4) is 0 Å². The van der Waals surface area contributed by atoms with Gasteiger partial charge in [-0.05, 0) is 19.3 Å². The van der Waals surface area contributed by atoms with Crippen molar-refractivity contribution in [1.82, 2.24) is 9.55 Å². The Kier molecular flexibility index (Phi) is 2.36. The number of hydrogen-bond donors (Lipinski definition) is 1. The van der Waals surface area contributed by atoms with Crippen LogP contribution in [0.4, 0.5) is 0 Å². The molecule has 1 aliphatic carbocycles. The first kappa shape index (κ1) is 8.75. The van der Waals surface area contributed by atoms with E-state index in [9.17, 15) is 0 Å². The van der Waals surface area contributed by atoms with Gasteiger partial charge in [0.25, 0.3) is 0 Å². The van der Waals surface area contributed by atoms with E-state index in [1.54, 1.807) is 0 Å². The molecule has 1 fully saturated rings. The van der Waals surface area contributed by atoms with Gasteiger partial charge in [-0.15, -0.1) is 0 Å². The highest BCUT2D eigenvalue weighted by Crippen LogP contribution is 2.36. The van der Waals surface area contributed by atoms with Gasteiger partial charge in [-0.3, -0.25) is 0 Å². The molecular formula is C10H17N3. The number of imidazole rings is 1. The molecule has 2 N–H and O–H groups in total. The largest absolute Gasteiger partial charge is 0.331 e. The fourth-order valence-electron chi connectivity index (χ4n) is 1.84. The van der Waals surface area contributed by atoms with Crippen LogP contribution in [0.3, 0.4) is 0 Å². The van der Waals surface area contributed by atoms with Crippen LogP contribution in [0.5, 0.6) is 0 Å². The Bertz CT molecular complexity index is 275. The fraction of sp³-hybridized carbons (Fsp3) is 0.700. The molecule has 1 unspecified atom stereocenters. The monoisotopic (exact) mass is 179 g/mol. The van der Waals surface area contributed by atoms with Crippen LogP contribution in [0, 0.1) is 5.92 Å². The third-order valence-corrected chi connectivity index (χ3v) is 2.80. The summed E-state index contributed by atoms with van der Waals surface area (Å²) in [6.45, 7) is 2.84. The fourth-order valence-corrected chi connectivity index (χ4v) is 1.84. The quantitative estimate of drug-likeness (QED) is 0.764.